The molecule has 0 bridgehead atoms. The molecule has 146 valence electrons. The predicted molar refractivity (Wildman–Crippen MR) is 122 cm³/mol. The predicted octanol–water partition coefficient (Wildman–Crippen LogP) is 2.45. The number of rotatable bonds is 5. The van der Waals surface area contributed by atoms with Gasteiger partial charge in [0.2, 0.25) is 0 Å². The van der Waals surface area contributed by atoms with Gasteiger partial charge in [-0.3, -0.25) is 0 Å². The lowest BCUT2D eigenvalue weighted by Crippen LogP contribution is -3.00. The monoisotopic (exact) mass is 462 g/mol. The second-order valence-electron chi connectivity index (χ2n) is 6.96. The minimum atomic E-state index is -2.05. The van der Waals surface area contributed by atoms with E-state index >= 15 is 0 Å². The zero-order chi connectivity index (χ0) is 19.4. The van der Waals surface area contributed by atoms with Gasteiger partial charge >= 0.3 is 0 Å². The van der Waals surface area contributed by atoms with Crippen molar-refractivity contribution in [1.29, 1.82) is 0 Å². The molecule has 1 atom stereocenters. The Balaban J connectivity index is 0.00000240. The van der Waals surface area contributed by atoms with Gasteiger partial charge in [0.05, 0.1) is 0 Å². The summed E-state index contributed by atoms with van der Waals surface area (Å²) in [5.41, 5.74) is 1.12. The van der Waals surface area contributed by atoms with E-state index in [4.69, 9.17) is 0 Å². The molecule has 1 unspecified atom stereocenters. The lowest BCUT2D eigenvalue weighted by atomic mass is 10.1. The second kappa shape index (κ2) is 9.39. The van der Waals surface area contributed by atoms with E-state index in [0.717, 1.165) is 5.56 Å². The fourth-order valence-electron chi connectivity index (χ4n) is 4.16. The maximum atomic E-state index is 10.7. The molecule has 0 fully saturated rings. The van der Waals surface area contributed by atoms with Gasteiger partial charge in [-0.15, -0.1) is 0 Å². The lowest BCUT2D eigenvalue weighted by molar-refractivity contribution is -0.00000644. The highest BCUT2D eigenvalue weighted by atomic mass is 79.9. The molecule has 0 saturated carbocycles. The van der Waals surface area contributed by atoms with Crippen molar-refractivity contribution >= 4 is 23.2 Å². The summed E-state index contributed by atoms with van der Waals surface area (Å²) in [6.45, 7) is 2.26. The van der Waals surface area contributed by atoms with Gasteiger partial charge in [-0.25, -0.2) is 0 Å². The molecule has 0 spiro atoms. The summed E-state index contributed by atoms with van der Waals surface area (Å²) in [6.07, 6.45) is 0. The van der Waals surface area contributed by atoms with E-state index in [2.05, 4.69) is 104 Å². The summed E-state index contributed by atoms with van der Waals surface area (Å²) in [5, 5.41) is 14.7. The van der Waals surface area contributed by atoms with Crippen LogP contribution in [0.3, 0.4) is 0 Å². The quantitative estimate of drug-likeness (QED) is 0.451. The molecule has 0 saturated heterocycles. The fourth-order valence-corrected chi connectivity index (χ4v) is 8.96. The van der Waals surface area contributed by atoms with Crippen LogP contribution in [0.2, 0.25) is 0 Å². The van der Waals surface area contributed by atoms with Gasteiger partial charge in [0.25, 0.3) is 0 Å². The van der Waals surface area contributed by atoms with Gasteiger partial charge < -0.3 is 22.1 Å². The van der Waals surface area contributed by atoms with E-state index in [9.17, 15) is 5.11 Å². The Bertz CT molecular complexity index is 939. The number of benzene rings is 4. The van der Waals surface area contributed by atoms with Crippen LogP contribution < -0.4 is 32.9 Å². The van der Waals surface area contributed by atoms with Gasteiger partial charge in [0.15, 0.2) is 0 Å². The van der Waals surface area contributed by atoms with Crippen LogP contribution in [0.25, 0.3) is 0 Å². The maximum Gasteiger partial charge on any atom is 0.122 e. The third kappa shape index (κ3) is 3.88. The van der Waals surface area contributed by atoms with Gasteiger partial charge in [-0.2, -0.15) is 0 Å². The molecule has 0 aromatic heterocycles. The first-order valence-corrected chi connectivity index (χ1v) is 11.4. The molecule has 29 heavy (non-hydrogen) atoms. The molecule has 1 nitrogen and oxygen atoms in total. The van der Waals surface area contributed by atoms with Gasteiger partial charge in [0, 0.05) is 5.56 Å². The number of hydrogen-bond donors (Lipinski definition) is 1. The van der Waals surface area contributed by atoms with Crippen LogP contribution in [-0.4, -0.2) is 5.11 Å². The highest BCUT2D eigenvalue weighted by molar-refractivity contribution is 7.95. The Morgan fingerprint density at radius 3 is 1.28 bits per heavy atom. The van der Waals surface area contributed by atoms with Crippen molar-refractivity contribution in [2.75, 3.05) is 0 Å². The van der Waals surface area contributed by atoms with Gasteiger partial charge in [-0.05, 0) is 49.4 Å². The Labute approximate surface area is 184 Å². The average Bonchev–Trinajstić information content (AvgIpc) is 2.77. The van der Waals surface area contributed by atoms with Crippen LogP contribution in [0, 0.1) is 0 Å². The molecular weight excluding hydrogens is 439 g/mol. The lowest BCUT2D eigenvalue weighted by Gasteiger charge is -2.33. The van der Waals surface area contributed by atoms with Crippen molar-refractivity contribution in [2.24, 2.45) is 0 Å². The highest BCUT2D eigenvalue weighted by Gasteiger charge is 2.51. The molecular formula is C26H24BrOP. The number of phenolic OH excluding ortho intramolecular Hbond substituents is 1. The average molecular weight is 463 g/mol. The highest BCUT2D eigenvalue weighted by Crippen LogP contribution is 2.67. The SMILES string of the molecule is CC(c1ccccc1O)[P+](c1ccccc1)(c1ccccc1)c1ccccc1.[Br-]. The van der Waals surface area contributed by atoms with E-state index in [-0.39, 0.29) is 22.6 Å². The first-order valence-electron chi connectivity index (χ1n) is 9.58. The Morgan fingerprint density at radius 1 is 0.552 bits per heavy atom. The van der Waals surface area contributed by atoms with Crippen LogP contribution in [0.4, 0.5) is 0 Å². The van der Waals surface area contributed by atoms with Crippen LogP contribution in [0.1, 0.15) is 18.1 Å². The first kappa shape index (κ1) is 21.3. The summed E-state index contributed by atoms with van der Waals surface area (Å²) in [5.74, 6) is 0.363. The molecule has 0 radical (unpaired) electrons. The van der Waals surface area contributed by atoms with Gasteiger partial charge in [-0.1, -0.05) is 72.8 Å². The zero-order valence-electron chi connectivity index (χ0n) is 16.3. The molecule has 0 heterocycles. The third-order valence-electron chi connectivity index (χ3n) is 5.46. The first-order chi connectivity index (χ1) is 13.7. The molecule has 1 N–H and O–H groups in total. The van der Waals surface area contributed by atoms with Crippen LogP contribution >= 0.6 is 7.26 Å². The molecule has 4 rings (SSSR count). The third-order valence-corrected chi connectivity index (χ3v) is 10.2. The van der Waals surface area contributed by atoms with Crippen LogP contribution in [0.15, 0.2) is 115 Å². The Kier molecular flexibility index (Phi) is 6.90. The smallest absolute Gasteiger partial charge is 0.122 e. The number of hydrogen-bond acceptors (Lipinski definition) is 1. The van der Waals surface area contributed by atoms with Crippen LogP contribution in [0.5, 0.6) is 5.75 Å². The molecule has 0 aliphatic rings. The standard InChI is InChI=1S/C26H23OP.BrH/c1-21(25-19-11-12-20-26(25)27)28(22-13-5-2-6-14-22,23-15-7-3-8-16-23)24-17-9-4-10-18-24;/h2-21H,1H3;1H. The van der Waals surface area contributed by atoms with Crippen molar-refractivity contribution in [3.8, 4) is 5.75 Å². The summed E-state index contributed by atoms with van der Waals surface area (Å²) in [4.78, 5) is 0. The minimum Gasteiger partial charge on any atom is -1.00 e. The van der Waals surface area contributed by atoms with E-state index in [1.165, 1.54) is 15.9 Å². The number of halogens is 1. The Morgan fingerprint density at radius 2 is 0.897 bits per heavy atom. The van der Waals surface area contributed by atoms with E-state index in [1.807, 2.05) is 12.1 Å². The number of aromatic hydroxyl groups is 1. The molecule has 3 heteroatoms. The molecule has 4 aromatic carbocycles. The molecule has 0 aliphatic heterocycles. The van der Waals surface area contributed by atoms with Crippen LogP contribution in [-0.2, 0) is 0 Å². The molecule has 4 aromatic rings. The van der Waals surface area contributed by atoms with E-state index in [1.54, 1.807) is 6.07 Å². The summed E-state index contributed by atoms with van der Waals surface area (Å²) in [6, 6.07) is 40.1. The maximum absolute atomic E-state index is 10.7. The van der Waals surface area contributed by atoms with Crippen molar-refractivity contribution in [2.45, 2.75) is 12.6 Å². The van der Waals surface area contributed by atoms with E-state index < -0.39 is 7.26 Å². The number of para-hydroxylation sites is 1. The second-order valence-corrected chi connectivity index (χ2v) is 10.7. The minimum absolute atomic E-state index is 0. The van der Waals surface area contributed by atoms with Gasteiger partial charge in [0.1, 0.15) is 34.6 Å². The van der Waals surface area contributed by atoms with E-state index in [0.29, 0.717) is 5.75 Å². The summed E-state index contributed by atoms with van der Waals surface area (Å²) >= 11 is 0. The van der Waals surface area contributed by atoms with Crippen molar-refractivity contribution < 1.29 is 22.1 Å². The summed E-state index contributed by atoms with van der Waals surface area (Å²) in [7, 11) is -2.05. The zero-order valence-corrected chi connectivity index (χ0v) is 18.8. The van der Waals surface area contributed by atoms with Crippen molar-refractivity contribution in [1.82, 2.24) is 0 Å². The summed E-state index contributed by atoms with van der Waals surface area (Å²) < 4.78 is 0. The topological polar surface area (TPSA) is 20.2 Å². The largest absolute Gasteiger partial charge is 1.00 e. The number of phenols is 1. The Hall–Kier alpha value is -2.41. The molecule has 0 aliphatic carbocycles. The van der Waals surface area contributed by atoms with Crippen molar-refractivity contribution in [3.63, 3.8) is 0 Å². The van der Waals surface area contributed by atoms with Crippen molar-refractivity contribution in [3.05, 3.63) is 121 Å². The molecule has 0 amide bonds. The fraction of sp³-hybridized carbons (Fsp3) is 0.0769. The normalized spacial score (nSPS) is 12.0.